The second kappa shape index (κ2) is 5.06. The van der Waals surface area contributed by atoms with Gasteiger partial charge >= 0.3 is 5.69 Å². The molecule has 0 aromatic heterocycles. The number of nitro groups is 2. The van der Waals surface area contributed by atoms with Crippen molar-refractivity contribution in [3.8, 4) is 0 Å². The Kier molecular flexibility index (Phi) is 3.47. The number of anilines is 2. The monoisotopic (exact) mass is 267 g/mol. The highest BCUT2D eigenvalue weighted by Gasteiger charge is 2.25. The minimum Gasteiger partial charge on any atom is -0.391 e. The second-order valence-corrected chi connectivity index (χ2v) is 4.15. The number of rotatable bonds is 3. The number of nitrogens with two attached hydrogens (primary N) is 1. The number of hydrogen-bond acceptors (Lipinski definition) is 7. The van der Waals surface area contributed by atoms with Crippen LogP contribution in [-0.2, 0) is 0 Å². The maximum atomic E-state index is 10.9. The second-order valence-electron chi connectivity index (χ2n) is 4.15. The van der Waals surface area contributed by atoms with E-state index in [1.54, 1.807) is 0 Å². The smallest absolute Gasteiger partial charge is 0.301 e. The van der Waals surface area contributed by atoms with E-state index in [1.165, 1.54) is 6.07 Å². The SMILES string of the molecule is Nc1c(N2CCNCC2)cc([N+](=O)[O-])cc1[N+](=O)[O-]. The van der Waals surface area contributed by atoms with Crippen molar-refractivity contribution in [1.29, 1.82) is 0 Å². The third-order valence-corrected chi connectivity index (χ3v) is 2.99. The van der Waals surface area contributed by atoms with E-state index in [2.05, 4.69) is 5.32 Å². The summed E-state index contributed by atoms with van der Waals surface area (Å²) in [7, 11) is 0. The molecule has 1 aromatic rings. The molecule has 1 aliphatic rings. The first kappa shape index (κ1) is 13.0. The summed E-state index contributed by atoms with van der Waals surface area (Å²) in [6, 6.07) is 2.18. The van der Waals surface area contributed by atoms with Crippen molar-refractivity contribution in [1.82, 2.24) is 5.32 Å². The maximum absolute atomic E-state index is 10.9. The molecule has 0 unspecified atom stereocenters. The Balaban J connectivity index is 2.51. The number of non-ortho nitro benzene ring substituents is 1. The Labute approximate surface area is 108 Å². The van der Waals surface area contributed by atoms with Crippen LogP contribution < -0.4 is 16.0 Å². The first-order valence-corrected chi connectivity index (χ1v) is 5.68. The Morgan fingerprint density at radius 2 is 1.79 bits per heavy atom. The molecular weight excluding hydrogens is 254 g/mol. The van der Waals surface area contributed by atoms with Crippen LogP contribution in [0.2, 0.25) is 0 Å². The van der Waals surface area contributed by atoms with Crippen molar-refractivity contribution in [2.75, 3.05) is 36.8 Å². The quantitative estimate of drug-likeness (QED) is 0.463. The van der Waals surface area contributed by atoms with E-state index in [0.29, 0.717) is 31.9 Å². The molecule has 2 rings (SSSR count). The molecule has 0 saturated carbocycles. The van der Waals surface area contributed by atoms with Crippen molar-refractivity contribution in [3.05, 3.63) is 32.4 Å². The lowest BCUT2D eigenvalue weighted by molar-refractivity contribution is -0.393. The van der Waals surface area contributed by atoms with E-state index in [-0.39, 0.29) is 11.4 Å². The zero-order valence-electron chi connectivity index (χ0n) is 10.0. The minimum absolute atomic E-state index is 0.0301. The van der Waals surface area contributed by atoms with Gasteiger partial charge in [-0.25, -0.2) is 0 Å². The average Bonchev–Trinajstić information content (AvgIpc) is 2.39. The molecule has 1 fully saturated rings. The van der Waals surface area contributed by atoms with Crippen molar-refractivity contribution >= 4 is 22.7 Å². The number of piperazine rings is 1. The molecule has 19 heavy (non-hydrogen) atoms. The highest BCUT2D eigenvalue weighted by atomic mass is 16.6. The first-order valence-electron chi connectivity index (χ1n) is 5.68. The summed E-state index contributed by atoms with van der Waals surface area (Å²) in [5.41, 5.74) is 5.32. The molecule has 1 aromatic carbocycles. The van der Waals surface area contributed by atoms with Crippen molar-refractivity contribution in [2.24, 2.45) is 0 Å². The maximum Gasteiger partial charge on any atom is 0.301 e. The van der Waals surface area contributed by atoms with Gasteiger partial charge in [0.1, 0.15) is 5.69 Å². The summed E-state index contributed by atoms with van der Waals surface area (Å²) in [5, 5.41) is 24.9. The predicted molar refractivity (Wildman–Crippen MR) is 69.2 cm³/mol. The number of nitrogens with zero attached hydrogens (tertiary/aromatic N) is 3. The van der Waals surface area contributed by atoms with Crippen LogP contribution in [0.5, 0.6) is 0 Å². The summed E-state index contributed by atoms with van der Waals surface area (Å²) in [5.74, 6) is 0. The van der Waals surface area contributed by atoms with Gasteiger partial charge in [0.05, 0.1) is 21.6 Å². The minimum atomic E-state index is -0.700. The Morgan fingerprint density at radius 1 is 1.16 bits per heavy atom. The molecule has 1 saturated heterocycles. The van der Waals surface area contributed by atoms with Gasteiger partial charge < -0.3 is 16.0 Å². The predicted octanol–water partition coefficient (Wildman–Crippen LogP) is 0.495. The molecule has 102 valence electrons. The van der Waals surface area contributed by atoms with Crippen LogP contribution in [0.25, 0.3) is 0 Å². The standard InChI is InChI=1S/C10H13N5O4/c11-10-8(13-3-1-12-2-4-13)5-7(14(16)17)6-9(10)15(18)19/h5-6,12H,1-4,11H2. The molecule has 0 spiro atoms. The van der Waals surface area contributed by atoms with Gasteiger partial charge in [0.15, 0.2) is 0 Å². The van der Waals surface area contributed by atoms with E-state index in [4.69, 9.17) is 5.73 Å². The highest BCUT2D eigenvalue weighted by molar-refractivity contribution is 5.80. The van der Waals surface area contributed by atoms with E-state index >= 15 is 0 Å². The lowest BCUT2D eigenvalue weighted by Crippen LogP contribution is -2.43. The molecule has 0 amide bonds. The molecule has 9 nitrogen and oxygen atoms in total. The van der Waals surface area contributed by atoms with E-state index in [9.17, 15) is 20.2 Å². The first-order chi connectivity index (χ1) is 9.00. The van der Waals surface area contributed by atoms with Gasteiger partial charge in [-0.15, -0.1) is 0 Å². The fourth-order valence-corrected chi connectivity index (χ4v) is 2.03. The van der Waals surface area contributed by atoms with Crippen molar-refractivity contribution in [3.63, 3.8) is 0 Å². The van der Waals surface area contributed by atoms with Gasteiger partial charge in [0.25, 0.3) is 5.69 Å². The summed E-state index contributed by atoms with van der Waals surface area (Å²) < 4.78 is 0. The lowest BCUT2D eigenvalue weighted by atomic mass is 10.1. The van der Waals surface area contributed by atoms with Crippen LogP contribution in [-0.4, -0.2) is 36.0 Å². The van der Waals surface area contributed by atoms with Crippen LogP contribution in [0, 0.1) is 20.2 Å². The molecule has 9 heteroatoms. The van der Waals surface area contributed by atoms with E-state index < -0.39 is 15.5 Å². The number of nitrogens with one attached hydrogen (secondary N) is 1. The molecule has 3 N–H and O–H groups in total. The van der Waals surface area contributed by atoms with E-state index in [0.717, 1.165) is 6.07 Å². The molecule has 0 aliphatic carbocycles. The Bertz CT molecular complexity index is 527. The molecule has 1 aliphatic heterocycles. The van der Waals surface area contributed by atoms with Crippen LogP contribution in [0.3, 0.4) is 0 Å². The summed E-state index contributed by atoms with van der Waals surface area (Å²) >= 11 is 0. The summed E-state index contributed by atoms with van der Waals surface area (Å²) in [4.78, 5) is 22.2. The topological polar surface area (TPSA) is 128 Å². The number of nitrogen functional groups attached to an aromatic ring is 1. The molecule has 1 heterocycles. The molecule has 0 radical (unpaired) electrons. The molecule has 0 atom stereocenters. The van der Waals surface area contributed by atoms with Crippen LogP contribution >= 0.6 is 0 Å². The fraction of sp³-hybridized carbons (Fsp3) is 0.400. The number of nitro benzene ring substituents is 2. The molecule has 0 bridgehead atoms. The van der Waals surface area contributed by atoms with Crippen LogP contribution in [0.15, 0.2) is 12.1 Å². The normalized spacial score (nSPS) is 15.3. The summed E-state index contributed by atoms with van der Waals surface area (Å²) in [6.45, 7) is 2.61. The van der Waals surface area contributed by atoms with Crippen molar-refractivity contribution in [2.45, 2.75) is 0 Å². The highest BCUT2D eigenvalue weighted by Crippen LogP contribution is 2.36. The van der Waals surface area contributed by atoms with Crippen molar-refractivity contribution < 1.29 is 9.85 Å². The number of hydrogen-bond donors (Lipinski definition) is 2. The van der Waals surface area contributed by atoms with Crippen LogP contribution in [0.4, 0.5) is 22.7 Å². The van der Waals surface area contributed by atoms with Gasteiger partial charge in [-0.1, -0.05) is 0 Å². The van der Waals surface area contributed by atoms with Crippen LogP contribution in [0.1, 0.15) is 0 Å². The summed E-state index contributed by atoms with van der Waals surface area (Å²) in [6.07, 6.45) is 0. The van der Waals surface area contributed by atoms with Gasteiger partial charge in [0, 0.05) is 32.2 Å². The number of benzene rings is 1. The van der Waals surface area contributed by atoms with Gasteiger partial charge in [-0.3, -0.25) is 20.2 Å². The van der Waals surface area contributed by atoms with Gasteiger partial charge in [-0.05, 0) is 0 Å². The zero-order chi connectivity index (χ0) is 14.0. The fourth-order valence-electron chi connectivity index (χ4n) is 2.03. The average molecular weight is 267 g/mol. The van der Waals surface area contributed by atoms with E-state index in [1.807, 2.05) is 4.90 Å². The Morgan fingerprint density at radius 3 is 2.32 bits per heavy atom. The molecular formula is C10H13N5O4. The van der Waals surface area contributed by atoms with Gasteiger partial charge in [0.2, 0.25) is 0 Å². The largest absolute Gasteiger partial charge is 0.391 e. The third-order valence-electron chi connectivity index (χ3n) is 2.99. The zero-order valence-corrected chi connectivity index (χ0v) is 10.0. The third kappa shape index (κ3) is 2.55. The Hall–Kier alpha value is -2.42. The van der Waals surface area contributed by atoms with Gasteiger partial charge in [-0.2, -0.15) is 0 Å². The lowest BCUT2D eigenvalue weighted by Gasteiger charge is -2.29.